The fourth-order valence-electron chi connectivity index (χ4n) is 2.70. The van der Waals surface area contributed by atoms with E-state index in [1.807, 2.05) is 18.4 Å². The first-order valence-corrected chi connectivity index (χ1v) is 9.08. The molecule has 21 heavy (non-hydrogen) atoms. The van der Waals surface area contributed by atoms with Crippen LogP contribution >= 0.6 is 11.3 Å². The molecule has 0 saturated heterocycles. The molecule has 0 radical (unpaired) electrons. The van der Waals surface area contributed by atoms with Crippen LogP contribution in [0.5, 0.6) is 5.75 Å². The topological polar surface area (TPSA) is 46.6 Å². The van der Waals surface area contributed by atoms with Crippen LogP contribution in [0, 0.1) is 0 Å². The van der Waals surface area contributed by atoms with Crippen LogP contribution in [0.2, 0.25) is 0 Å². The number of fused-ring (bicyclic) bond motifs is 1. The fourth-order valence-corrected chi connectivity index (χ4v) is 5.27. The minimum absolute atomic E-state index is 0.118. The Bertz CT molecular complexity index is 735. The monoisotopic (exact) mass is 323 g/mol. The fraction of sp³-hybridized carbons (Fsp3) is 0.333. The summed E-state index contributed by atoms with van der Waals surface area (Å²) < 4.78 is 32.3. The summed E-state index contributed by atoms with van der Waals surface area (Å²) in [5.74, 6) is 0.653. The lowest BCUT2D eigenvalue weighted by Gasteiger charge is -2.32. The van der Waals surface area contributed by atoms with E-state index in [0.717, 1.165) is 12.0 Å². The van der Waals surface area contributed by atoms with Gasteiger partial charge < -0.3 is 4.74 Å². The number of rotatable bonds is 3. The standard InChI is InChI=1S/C15H17NO3S2/c1-11-14-8-10-20-15(14)7-9-16(11)21(17,18)13-5-3-12(19-2)4-6-13/h3-6,8,10-11H,7,9H2,1-2H3. The second kappa shape index (κ2) is 5.44. The molecule has 1 aromatic carbocycles. The molecule has 0 amide bonds. The smallest absolute Gasteiger partial charge is 0.243 e. The maximum atomic E-state index is 12.8. The zero-order chi connectivity index (χ0) is 15.0. The number of hydrogen-bond donors (Lipinski definition) is 0. The first-order chi connectivity index (χ1) is 10.0. The Morgan fingerprint density at radius 1 is 1.24 bits per heavy atom. The molecular formula is C15H17NO3S2. The van der Waals surface area contributed by atoms with E-state index in [1.54, 1.807) is 47.0 Å². The second-order valence-electron chi connectivity index (χ2n) is 5.02. The molecule has 0 bridgehead atoms. The molecule has 3 rings (SSSR count). The molecule has 0 N–H and O–H groups in total. The molecule has 1 aliphatic rings. The van der Waals surface area contributed by atoms with Crippen LogP contribution in [-0.4, -0.2) is 26.4 Å². The third-order valence-electron chi connectivity index (χ3n) is 3.89. The van der Waals surface area contributed by atoms with Crippen molar-refractivity contribution in [1.82, 2.24) is 4.31 Å². The lowest BCUT2D eigenvalue weighted by atomic mass is 10.0. The van der Waals surface area contributed by atoms with Gasteiger partial charge in [0, 0.05) is 17.5 Å². The summed E-state index contributed by atoms with van der Waals surface area (Å²) >= 11 is 1.70. The van der Waals surface area contributed by atoms with Crippen molar-refractivity contribution >= 4 is 21.4 Å². The first-order valence-electron chi connectivity index (χ1n) is 6.76. The molecule has 2 aromatic rings. The Labute approximate surface area is 129 Å². The molecular weight excluding hydrogens is 306 g/mol. The van der Waals surface area contributed by atoms with Crippen molar-refractivity contribution in [2.24, 2.45) is 0 Å². The SMILES string of the molecule is COc1ccc(S(=O)(=O)N2CCc3sccc3C2C)cc1. The quantitative estimate of drug-likeness (QED) is 0.872. The summed E-state index contributed by atoms with van der Waals surface area (Å²) in [6, 6.07) is 8.47. The largest absolute Gasteiger partial charge is 0.497 e. The van der Waals surface area contributed by atoms with E-state index in [1.165, 1.54) is 4.88 Å². The average molecular weight is 323 g/mol. The normalized spacial score (nSPS) is 19.2. The van der Waals surface area contributed by atoms with Crippen molar-refractivity contribution in [3.8, 4) is 5.75 Å². The molecule has 1 aromatic heterocycles. The molecule has 0 saturated carbocycles. The molecule has 2 heterocycles. The predicted molar refractivity (Wildman–Crippen MR) is 83.3 cm³/mol. The highest BCUT2D eigenvalue weighted by molar-refractivity contribution is 7.89. The zero-order valence-corrected chi connectivity index (χ0v) is 13.6. The Kier molecular flexibility index (Phi) is 3.77. The van der Waals surface area contributed by atoms with Crippen molar-refractivity contribution in [2.75, 3.05) is 13.7 Å². The summed E-state index contributed by atoms with van der Waals surface area (Å²) in [5.41, 5.74) is 1.13. The van der Waals surface area contributed by atoms with Gasteiger partial charge in [-0.15, -0.1) is 11.3 Å². The van der Waals surface area contributed by atoms with Gasteiger partial charge in [-0.05, 0) is 54.6 Å². The highest BCUT2D eigenvalue weighted by atomic mass is 32.2. The van der Waals surface area contributed by atoms with Crippen LogP contribution in [0.4, 0.5) is 0 Å². The Hall–Kier alpha value is -1.37. The van der Waals surface area contributed by atoms with Crippen LogP contribution in [0.1, 0.15) is 23.4 Å². The first kappa shape index (κ1) is 14.6. The summed E-state index contributed by atoms with van der Waals surface area (Å²) in [6.07, 6.45) is 0.784. The van der Waals surface area contributed by atoms with E-state index in [-0.39, 0.29) is 6.04 Å². The number of nitrogens with zero attached hydrogens (tertiary/aromatic N) is 1. The van der Waals surface area contributed by atoms with Gasteiger partial charge >= 0.3 is 0 Å². The molecule has 0 fully saturated rings. The van der Waals surface area contributed by atoms with Crippen molar-refractivity contribution in [1.29, 1.82) is 0 Å². The molecule has 0 aliphatic carbocycles. The minimum Gasteiger partial charge on any atom is -0.497 e. The number of sulfonamides is 1. The summed E-state index contributed by atoms with van der Waals surface area (Å²) in [7, 11) is -1.91. The molecule has 1 aliphatic heterocycles. The van der Waals surface area contributed by atoms with Crippen molar-refractivity contribution in [3.05, 3.63) is 46.2 Å². The molecule has 112 valence electrons. The zero-order valence-electron chi connectivity index (χ0n) is 11.9. The van der Waals surface area contributed by atoms with E-state index in [9.17, 15) is 8.42 Å². The van der Waals surface area contributed by atoms with Crippen LogP contribution < -0.4 is 4.74 Å². The van der Waals surface area contributed by atoms with E-state index >= 15 is 0 Å². The third kappa shape index (κ3) is 2.47. The minimum atomic E-state index is -3.47. The molecule has 6 heteroatoms. The van der Waals surface area contributed by atoms with E-state index < -0.39 is 10.0 Å². The average Bonchev–Trinajstić information content (AvgIpc) is 2.97. The van der Waals surface area contributed by atoms with Gasteiger partial charge in [0.15, 0.2) is 0 Å². The van der Waals surface area contributed by atoms with Gasteiger partial charge in [0.1, 0.15) is 5.75 Å². The molecule has 4 nitrogen and oxygen atoms in total. The number of benzene rings is 1. The summed E-state index contributed by atoms with van der Waals surface area (Å²) in [6.45, 7) is 2.48. The Morgan fingerprint density at radius 3 is 2.62 bits per heavy atom. The number of ether oxygens (including phenoxy) is 1. The predicted octanol–water partition coefficient (Wildman–Crippen LogP) is 3.06. The van der Waals surface area contributed by atoms with Crippen molar-refractivity contribution in [3.63, 3.8) is 0 Å². The number of hydrogen-bond acceptors (Lipinski definition) is 4. The molecule has 1 atom stereocenters. The van der Waals surface area contributed by atoms with Crippen LogP contribution in [0.15, 0.2) is 40.6 Å². The maximum absolute atomic E-state index is 12.8. The van der Waals surface area contributed by atoms with Gasteiger partial charge in [-0.3, -0.25) is 0 Å². The van der Waals surface area contributed by atoms with E-state index in [2.05, 4.69) is 0 Å². The highest BCUT2D eigenvalue weighted by Crippen LogP contribution is 2.36. The van der Waals surface area contributed by atoms with Gasteiger partial charge in [-0.1, -0.05) is 0 Å². The van der Waals surface area contributed by atoms with Gasteiger partial charge in [0.25, 0.3) is 0 Å². The molecule has 0 spiro atoms. The van der Waals surface area contributed by atoms with Gasteiger partial charge in [-0.2, -0.15) is 4.31 Å². The Morgan fingerprint density at radius 2 is 1.95 bits per heavy atom. The molecule has 1 unspecified atom stereocenters. The summed E-state index contributed by atoms with van der Waals surface area (Å²) in [5, 5.41) is 2.03. The Balaban J connectivity index is 1.95. The van der Waals surface area contributed by atoms with Crippen molar-refractivity contribution in [2.45, 2.75) is 24.3 Å². The lowest BCUT2D eigenvalue weighted by Crippen LogP contribution is -2.38. The maximum Gasteiger partial charge on any atom is 0.243 e. The number of methoxy groups -OCH3 is 1. The van der Waals surface area contributed by atoms with Gasteiger partial charge in [0.2, 0.25) is 10.0 Å². The van der Waals surface area contributed by atoms with Crippen LogP contribution in [0.25, 0.3) is 0 Å². The third-order valence-corrected chi connectivity index (χ3v) is 6.87. The van der Waals surface area contributed by atoms with Crippen LogP contribution in [-0.2, 0) is 16.4 Å². The highest BCUT2D eigenvalue weighted by Gasteiger charge is 2.34. The number of thiophene rings is 1. The lowest BCUT2D eigenvalue weighted by molar-refractivity contribution is 0.329. The summed E-state index contributed by atoms with van der Waals surface area (Å²) in [4.78, 5) is 1.61. The van der Waals surface area contributed by atoms with Gasteiger partial charge in [0.05, 0.1) is 12.0 Å². The second-order valence-corrected chi connectivity index (χ2v) is 7.91. The van der Waals surface area contributed by atoms with Crippen molar-refractivity contribution < 1.29 is 13.2 Å². The van der Waals surface area contributed by atoms with E-state index in [0.29, 0.717) is 17.2 Å². The van der Waals surface area contributed by atoms with Gasteiger partial charge in [-0.25, -0.2) is 8.42 Å². The van der Waals surface area contributed by atoms with E-state index in [4.69, 9.17) is 4.74 Å². The van der Waals surface area contributed by atoms with Crippen LogP contribution in [0.3, 0.4) is 0 Å².